The predicted molar refractivity (Wildman–Crippen MR) is 125 cm³/mol. The number of aromatic nitrogens is 4. The second-order valence-electron chi connectivity index (χ2n) is 7.91. The van der Waals surface area contributed by atoms with Gasteiger partial charge in [-0.15, -0.1) is 12.4 Å². The number of ketones is 1. The SMILES string of the molecule is CC(=O)c1ccc(-c2nccnc2N2CCN(C(C)c3c(C)n[nH]c3C)CC2)cc1.Cl. The average Bonchev–Trinajstić information content (AvgIpc) is 3.11. The summed E-state index contributed by atoms with van der Waals surface area (Å²) in [6.07, 6.45) is 3.47. The Kier molecular flexibility index (Phi) is 7.08. The van der Waals surface area contributed by atoms with Crippen molar-refractivity contribution in [2.24, 2.45) is 0 Å². The molecule has 1 saturated heterocycles. The Morgan fingerprint density at radius 3 is 2.26 bits per heavy atom. The number of nitrogens with one attached hydrogen (secondary N) is 1. The first-order chi connectivity index (χ1) is 14.5. The Labute approximate surface area is 189 Å². The van der Waals surface area contributed by atoms with Crippen LogP contribution in [0.3, 0.4) is 0 Å². The molecular formula is C23H29ClN6O. The molecule has 0 saturated carbocycles. The number of carbonyl (C=O) groups is 1. The second-order valence-corrected chi connectivity index (χ2v) is 7.91. The Bertz CT molecular complexity index is 1020. The minimum atomic E-state index is 0. The summed E-state index contributed by atoms with van der Waals surface area (Å²) in [5, 5.41) is 7.46. The molecule has 1 aliphatic rings. The van der Waals surface area contributed by atoms with Crippen molar-refractivity contribution in [1.82, 2.24) is 25.1 Å². The van der Waals surface area contributed by atoms with Gasteiger partial charge in [0.2, 0.25) is 0 Å². The number of halogens is 1. The molecule has 2 aromatic heterocycles. The highest BCUT2D eigenvalue weighted by atomic mass is 35.5. The summed E-state index contributed by atoms with van der Waals surface area (Å²) < 4.78 is 0. The maximum absolute atomic E-state index is 11.6. The molecule has 31 heavy (non-hydrogen) atoms. The zero-order valence-electron chi connectivity index (χ0n) is 18.4. The number of hydrogen-bond acceptors (Lipinski definition) is 6. The van der Waals surface area contributed by atoms with Crippen molar-refractivity contribution >= 4 is 24.0 Å². The number of aryl methyl sites for hydroxylation is 2. The molecule has 0 spiro atoms. The molecular weight excluding hydrogens is 412 g/mol. The molecule has 0 radical (unpaired) electrons. The monoisotopic (exact) mass is 440 g/mol. The summed E-state index contributed by atoms with van der Waals surface area (Å²) >= 11 is 0. The van der Waals surface area contributed by atoms with Gasteiger partial charge in [0.25, 0.3) is 0 Å². The van der Waals surface area contributed by atoms with Crippen LogP contribution in [0, 0.1) is 13.8 Å². The molecule has 164 valence electrons. The van der Waals surface area contributed by atoms with Crippen molar-refractivity contribution in [2.45, 2.75) is 33.7 Å². The van der Waals surface area contributed by atoms with E-state index in [1.807, 2.05) is 24.3 Å². The van der Waals surface area contributed by atoms with Gasteiger partial charge in [-0.1, -0.05) is 24.3 Å². The summed E-state index contributed by atoms with van der Waals surface area (Å²) in [6.45, 7) is 11.7. The van der Waals surface area contributed by atoms with Gasteiger partial charge in [0.15, 0.2) is 11.6 Å². The summed E-state index contributed by atoms with van der Waals surface area (Å²) in [6, 6.07) is 7.93. The molecule has 8 heteroatoms. The first-order valence-electron chi connectivity index (χ1n) is 10.4. The highest BCUT2D eigenvalue weighted by Gasteiger charge is 2.27. The third-order valence-corrected chi connectivity index (χ3v) is 6.01. The van der Waals surface area contributed by atoms with E-state index in [2.05, 4.69) is 50.7 Å². The number of anilines is 1. The van der Waals surface area contributed by atoms with Crippen molar-refractivity contribution in [3.8, 4) is 11.3 Å². The number of benzene rings is 1. The van der Waals surface area contributed by atoms with Gasteiger partial charge < -0.3 is 4.90 Å². The van der Waals surface area contributed by atoms with E-state index in [4.69, 9.17) is 0 Å². The summed E-state index contributed by atoms with van der Waals surface area (Å²) in [5.74, 6) is 0.963. The van der Waals surface area contributed by atoms with Crippen molar-refractivity contribution in [3.05, 3.63) is 59.2 Å². The zero-order valence-corrected chi connectivity index (χ0v) is 19.2. The first-order valence-corrected chi connectivity index (χ1v) is 10.4. The fraction of sp³-hybridized carbons (Fsp3) is 0.391. The molecule has 3 aromatic rings. The average molecular weight is 441 g/mol. The predicted octanol–water partition coefficient (Wildman–Crippen LogP) is 3.99. The number of Topliss-reactive ketones (excluding diaryl/α,β-unsaturated/α-hetero) is 1. The maximum Gasteiger partial charge on any atom is 0.159 e. The normalized spacial score (nSPS) is 15.4. The van der Waals surface area contributed by atoms with Gasteiger partial charge in [-0.05, 0) is 27.7 Å². The van der Waals surface area contributed by atoms with E-state index in [1.54, 1.807) is 19.3 Å². The van der Waals surface area contributed by atoms with Crippen molar-refractivity contribution in [2.75, 3.05) is 31.1 Å². The minimum Gasteiger partial charge on any atom is -0.352 e. The summed E-state index contributed by atoms with van der Waals surface area (Å²) in [4.78, 5) is 25.6. The van der Waals surface area contributed by atoms with E-state index >= 15 is 0 Å². The van der Waals surface area contributed by atoms with Crippen molar-refractivity contribution in [3.63, 3.8) is 0 Å². The van der Waals surface area contributed by atoms with Crippen molar-refractivity contribution in [1.29, 1.82) is 0 Å². The largest absolute Gasteiger partial charge is 0.352 e. The molecule has 0 aliphatic carbocycles. The van der Waals surface area contributed by atoms with Gasteiger partial charge in [0.05, 0.1) is 5.69 Å². The first kappa shape index (κ1) is 22.9. The lowest BCUT2D eigenvalue weighted by molar-refractivity contribution is 0.101. The Morgan fingerprint density at radius 1 is 1.03 bits per heavy atom. The fourth-order valence-electron chi connectivity index (χ4n) is 4.31. The molecule has 4 rings (SSSR count). The number of piperazine rings is 1. The van der Waals surface area contributed by atoms with Crippen LogP contribution in [0.5, 0.6) is 0 Å². The van der Waals surface area contributed by atoms with Gasteiger partial charge in [-0.3, -0.25) is 19.8 Å². The Hall–Kier alpha value is -2.77. The van der Waals surface area contributed by atoms with E-state index in [-0.39, 0.29) is 18.2 Å². The Morgan fingerprint density at radius 2 is 1.68 bits per heavy atom. The van der Waals surface area contributed by atoms with Crippen LogP contribution < -0.4 is 4.90 Å². The quantitative estimate of drug-likeness (QED) is 0.604. The maximum atomic E-state index is 11.6. The molecule has 1 atom stereocenters. The van der Waals surface area contributed by atoms with E-state index in [9.17, 15) is 4.79 Å². The van der Waals surface area contributed by atoms with Gasteiger partial charge >= 0.3 is 0 Å². The van der Waals surface area contributed by atoms with Crippen LogP contribution in [0.2, 0.25) is 0 Å². The van der Waals surface area contributed by atoms with Crippen LogP contribution in [-0.2, 0) is 0 Å². The molecule has 1 unspecified atom stereocenters. The van der Waals surface area contributed by atoms with Crippen LogP contribution in [-0.4, -0.2) is 57.0 Å². The molecule has 1 fully saturated rings. The standard InChI is InChI=1S/C23H28N6O.ClH/c1-15-21(16(2)27-26-15)17(3)28-11-13-29(14-12-28)23-22(24-9-10-25-23)20-7-5-19(6-8-20)18(4)30;/h5-10,17H,11-14H2,1-4H3,(H,26,27);1H. The summed E-state index contributed by atoms with van der Waals surface area (Å²) in [5.41, 5.74) is 6.06. The van der Waals surface area contributed by atoms with Crippen LogP contribution >= 0.6 is 12.4 Å². The van der Waals surface area contributed by atoms with Gasteiger partial charge in [-0.2, -0.15) is 5.10 Å². The number of carbonyl (C=O) groups excluding carboxylic acids is 1. The Balaban J connectivity index is 0.00000272. The van der Waals surface area contributed by atoms with Crippen LogP contribution in [0.15, 0.2) is 36.7 Å². The lowest BCUT2D eigenvalue weighted by atomic mass is 10.0. The molecule has 1 N–H and O–H groups in total. The van der Waals surface area contributed by atoms with Gasteiger partial charge in [-0.25, -0.2) is 4.98 Å². The van der Waals surface area contributed by atoms with E-state index < -0.39 is 0 Å². The smallest absolute Gasteiger partial charge is 0.159 e. The van der Waals surface area contributed by atoms with E-state index in [1.165, 1.54) is 5.56 Å². The lowest BCUT2D eigenvalue weighted by Crippen LogP contribution is -2.47. The molecule has 0 bridgehead atoms. The molecule has 1 aliphatic heterocycles. The number of hydrogen-bond donors (Lipinski definition) is 1. The molecule has 7 nitrogen and oxygen atoms in total. The molecule has 3 heterocycles. The molecule has 1 aromatic carbocycles. The van der Waals surface area contributed by atoms with Crippen LogP contribution in [0.1, 0.15) is 47.2 Å². The fourth-order valence-corrected chi connectivity index (χ4v) is 4.31. The number of H-pyrrole nitrogens is 1. The third kappa shape index (κ3) is 4.62. The summed E-state index contributed by atoms with van der Waals surface area (Å²) in [7, 11) is 0. The second kappa shape index (κ2) is 9.58. The number of rotatable bonds is 5. The topological polar surface area (TPSA) is 78.0 Å². The highest BCUT2D eigenvalue weighted by molar-refractivity contribution is 5.94. The van der Waals surface area contributed by atoms with Gasteiger partial charge in [0.1, 0.15) is 5.69 Å². The third-order valence-electron chi connectivity index (χ3n) is 6.01. The van der Waals surface area contributed by atoms with E-state index in [0.29, 0.717) is 11.6 Å². The lowest BCUT2D eigenvalue weighted by Gasteiger charge is -2.39. The van der Waals surface area contributed by atoms with Crippen LogP contribution in [0.4, 0.5) is 5.82 Å². The van der Waals surface area contributed by atoms with E-state index in [0.717, 1.165) is 54.6 Å². The van der Waals surface area contributed by atoms with Crippen molar-refractivity contribution < 1.29 is 4.79 Å². The number of nitrogens with zero attached hydrogens (tertiary/aromatic N) is 5. The van der Waals surface area contributed by atoms with Gasteiger partial charge in [0, 0.05) is 67.0 Å². The van der Waals surface area contributed by atoms with Crippen LogP contribution in [0.25, 0.3) is 11.3 Å². The molecule has 0 amide bonds. The zero-order chi connectivity index (χ0) is 21.3. The minimum absolute atomic E-state index is 0. The number of aromatic amines is 1. The highest BCUT2D eigenvalue weighted by Crippen LogP contribution is 2.30.